The smallest absolute Gasteiger partial charge is 0.250 e. The van der Waals surface area contributed by atoms with Gasteiger partial charge in [0.2, 0.25) is 8.32 Å². The van der Waals surface area contributed by atoms with E-state index in [1.165, 1.54) is 12.1 Å². The van der Waals surface area contributed by atoms with Crippen LogP contribution in [0.1, 0.15) is 48.9 Å². The molecule has 2 N–H and O–H groups in total. The molecule has 0 amide bonds. The first-order chi connectivity index (χ1) is 15.5. The molecule has 4 nitrogen and oxygen atoms in total. The normalized spacial score (nSPS) is 16.3. The fourth-order valence-corrected chi connectivity index (χ4v) is 5.18. The zero-order chi connectivity index (χ0) is 24.0. The molecule has 33 heavy (non-hydrogen) atoms. The second-order valence-corrected chi connectivity index (χ2v) is 15.0. The van der Waals surface area contributed by atoms with Crippen molar-refractivity contribution in [3.8, 4) is 11.8 Å². The highest BCUT2D eigenvalue weighted by Gasteiger charge is 2.43. The molecule has 1 atom stereocenters. The van der Waals surface area contributed by atoms with Crippen LogP contribution in [0.5, 0.6) is 11.8 Å². The van der Waals surface area contributed by atoms with E-state index in [9.17, 15) is 14.6 Å². The Kier molecular flexibility index (Phi) is 5.91. The first kappa shape index (κ1) is 23.2. The number of nitrogens with zero attached hydrogens (tertiary/aromatic N) is 1. The maximum atomic E-state index is 13.7. The maximum Gasteiger partial charge on any atom is 0.250 e. The Labute approximate surface area is 196 Å². The van der Waals surface area contributed by atoms with Crippen molar-refractivity contribution in [2.24, 2.45) is 0 Å². The molecule has 0 radical (unpaired) electrons. The monoisotopic (exact) mass is 465 g/mol. The van der Waals surface area contributed by atoms with E-state index in [0.717, 1.165) is 16.9 Å². The minimum absolute atomic E-state index is 0.00904. The largest absolute Gasteiger partial charge is 0.546 e. The van der Waals surface area contributed by atoms with E-state index in [1.54, 1.807) is 16.7 Å². The molecular formula is C27H32FNO3Si. The van der Waals surface area contributed by atoms with Crippen LogP contribution in [0.3, 0.4) is 0 Å². The molecule has 0 saturated heterocycles. The zero-order valence-electron chi connectivity index (χ0n) is 19.9. The van der Waals surface area contributed by atoms with Crippen LogP contribution >= 0.6 is 0 Å². The van der Waals surface area contributed by atoms with Gasteiger partial charge in [-0.3, -0.25) is 4.57 Å². The number of aromatic hydroxyl groups is 2. The Bertz CT molecular complexity index is 1170. The first-order valence-corrected chi connectivity index (χ1v) is 14.2. The number of fused-ring (bicyclic) bond motifs is 1. The summed E-state index contributed by atoms with van der Waals surface area (Å²) in [7, 11) is -2.18. The van der Waals surface area contributed by atoms with E-state index in [4.69, 9.17) is 4.43 Å². The van der Waals surface area contributed by atoms with Crippen molar-refractivity contribution in [3.63, 3.8) is 0 Å². The molecule has 6 heteroatoms. The standard InChI is InChI=1S/C27H32FNO3Si/c1-27(2,3)33(4,5)32-22-16-15-21-24(23(22)19-11-13-20(28)14-12-19)26(31)29(25(21)30)17-18-9-7-6-8-10-18/h6-14,16,23,30-31H,15,17H2,1-5H3/t23-/m1/s1. The number of hydrogen-bond donors (Lipinski definition) is 2. The number of halogens is 1. The number of hydrogen-bond acceptors (Lipinski definition) is 3. The van der Waals surface area contributed by atoms with Gasteiger partial charge in [0.1, 0.15) is 5.82 Å². The Morgan fingerprint density at radius 2 is 1.64 bits per heavy atom. The van der Waals surface area contributed by atoms with E-state index < -0.39 is 14.2 Å². The van der Waals surface area contributed by atoms with Gasteiger partial charge < -0.3 is 14.6 Å². The fraction of sp³-hybridized carbons (Fsp3) is 0.333. The molecule has 1 aromatic heterocycles. The van der Waals surface area contributed by atoms with Crippen LogP contribution in [0.2, 0.25) is 18.1 Å². The van der Waals surface area contributed by atoms with E-state index in [2.05, 4.69) is 33.9 Å². The van der Waals surface area contributed by atoms with Gasteiger partial charge in [0.25, 0.3) is 0 Å². The average molecular weight is 466 g/mol. The van der Waals surface area contributed by atoms with Gasteiger partial charge in [0, 0.05) is 11.1 Å². The summed E-state index contributed by atoms with van der Waals surface area (Å²) in [6, 6.07) is 16.0. The van der Waals surface area contributed by atoms with Crippen LogP contribution in [0.4, 0.5) is 4.39 Å². The van der Waals surface area contributed by atoms with Crippen LogP contribution in [0, 0.1) is 5.82 Å². The van der Waals surface area contributed by atoms with Gasteiger partial charge in [-0.15, -0.1) is 0 Å². The van der Waals surface area contributed by atoms with Crippen LogP contribution < -0.4 is 0 Å². The Balaban J connectivity index is 1.83. The van der Waals surface area contributed by atoms with Gasteiger partial charge in [-0.2, -0.15) is 0 Å². The molecule has 0 saturated carbocycles. The van der Waals surface area contributed by atoms with Crippen molar-refractivity contribution < 1.29 is 19.0 Å². The summed E-state index contributed by atoms with van der Waals surface area (Å²) in [6.07, 6.45) is 2.46. The Hall–Kier alpha value is -2.99. The fourth-order valence-electron chi connectivity index (χ4n) is 4.08. The summed E-state index contributed by atoms with van der Waals surface area (Å²) in [5.41, 5.74) is 3.10. The minimum Gasteiger partial charge on any atom is -0.546 e. The molecule has 1 aliphatic carbocycles. The quantitative estimate of drug-likeness (QED) is 0.413. The molecule has 2 aromatic carbocycles. The lowest BCUT2D eigenvalue weighted by molar-refractivity contribution is 0.350. The molecule has 0 fully saturated rings. The van der Waals surface area contributed by atoms with Crippen LogP contribution in [-0.4, -0.2) is 23.1 Å². The zero-order valence-corrected chi connectivity index (χ0v) is 20.9. The van der Waals surface area contributed by atoms with Gasteiger partial charge in [0.05, 0.1) is 18.2 Å². The van der Waals surface area contributed by atoms with Gasteiger partial charge >= 0.3 is 0 Å². The third kappa shape index (κ3) is 4.32. The molecule has 4 rings (SSSR count). The molecule has 174 valence electrons. The van der Waals surface area contributed by atoms with Gasteiger partial charge in [0.15, 0.2) is 11.8 Å². The predicted octanol–water partition coefficient (Wildman–Crippen LogP) is 6.68. The average Bonchev–Trinajstić information content (AvgIpc) is 2.99. The summed E-state index contributed by atoms with van der Waals surface area (Å²) < 4.78 is 22.0. The van der Waals surface area contributed by atoms with Gasteiger partial charge in [-0.25, -0.2) is 4.39 Å². The highest BCUT2D eigenvalue weighted by Crippen LogP contribution is 2.50. The summed E-state index contributed by atoms with van der Waals surface area (Å²) in [5, 5.41) is 22.4. The summed E-state index contributed by atoms with van der Waals surface area (Å²) >= 11 is 0. The van der Waals surface area contributed by atoms with E-state index in [0.29, 0.717) is 24.1 Å². The van der Waals surface area contributed by atoms with Gasteiger partial charge in [-0.05, 0) is 53.9 Å². The molecule has 0 bridgehead atoms. The topological polar surface area (TPSA) is 54.6 Å². The molecule has 0 aliphatic heterocycles. The Morgan fingerprint density at radius 1 is 1.00 bits per heavy atom. The lowest BCUT2D eigenvalue weighted by Gasteiger charge is -2.40. The predicted molar refractivity (Wildman–Crippen MR) is 132 cm³/mol. The highest BCUT2D eigenvalue weighted by molar-refractivity contribution is 6.74. The Morgan fingerprint density at radius 3 is 2.24 bits per heavy atom. The number of rotatable bonds is 5. The van der Waals surface area contributed by atoms with E-state index in [1.807, 2.05) is 36.4 Å². The molecule has 0 unspecified atom stereocenters. The second-order valence-electron chi connectivity index (χ2n) is 10.3. The number of allylic oxidation sites excluding steroid dienone is 2. The molecule has 0 spiro atoms. The third-order valence-electron chi connectivity index (χ3n) is 6.99. The van der Waals surface area contributed by atoms with Crippen LogP contribution in [0.15, 0.2) is 66.4 Å². The van der Waals surface area contributed by atoms with Gasteiger partial charge in [-0.1, -0.05) is 63.2 Å². The maximum absolute atomic E-state index is 13.7. The van der Waals surface area contributed by atoms with Crippen molar-refractivity contribution in [3.05, 3.63) is 94.5 Å². The third-order valence-corrected chi connectivity index (χ3v) is 11.4. The summed E-state index contributed by atoms with van der Waals surface area (Å²) in [5.74, 6) is 0.0878. The number of aromatic nitrogens is 1. The highest BCUT2D eigenvalue weighted by atomic mass is 28.4. The van der Waals surface area contributed by atoms with Crippen molar-refractivity contribution >= 4 is 8.32 Å². The lowest BCUT2D eigenvalue weighted by Crippen LogP contribution is -2.41. The van der Waals surface area contributed by atoms with Crippen LogP contribution in [0.25, 0.3) is 0 Å². The van der Waals surface area contributed by atoms with Crippen molar-refractivity contribution in [2.45, 2.75) is 57.8 Å². The van der Waals surface area contributed by atoms with Crippen molar-refractivity contribution in [2.75, 3.05) is 0 Å². The SMILES string of the molecule is CC(C)(C)[Si](C)(C)OC1=CCc2c(c(O)n(Cc3ccccc3)c2O)[C@@H]1c1ccc(F)cc1. The van der Waals surface area contributed by atoms with E-state index >= 15 is 0 Å². The first-order valence-electron chi connectivity index (χ1n) is 11.3. The van der Waals surface area contributed by atoms with Crippen molar-refractivity contribution in [1.29, 1.82) is 0 Å². The molecular weight excluding hydrogens is 433 g/mol. The van der Waals surface area contributed by atoms with Crippen molar-refractivity contribution in [1.82, 2.24) is 4.57 Å². The minimum atomic E-state index is -2.18. The summed E-state index contributed by atoms with van der Waals surface area (Å²) in [6.45, 7) is 11.3. The lowest BCUT2D eigenvalue weighted by atomic mass is 9.84. The number of benzene rings is 2. The van der Waals surface area contributed by atoms with Crippen LogP contribution in [-0.2, 0) is 17.4 Å². The molecule has 1 aliphatic rings. The van der Waals surface area contributed by atoms with E-state index in [-0.39, 0.29) is 22.6 Å². The second kappa shape index (κ2) is 8.41. The summed E-state index contributed by atoms with van der Waals surface area (Å²) in [4.78, 5) is 0. The molecule has 1 heterocycles. The molecule has 3 aromatic rings.